The van der Waals surface area contributed by atoms with Gasteiger partial charge in [0.25, 0.3) is 0 Å². The Morgan fingerprint density at radius 1 is 1.19 bits per heavy atom. The van der Waals surface area contributed by atoms with E-state index in [9.17, 15) is 0 Å². The molecule has 2 N–H and O–H groups in total. The molecule has 0 spiro atoms. The number of rotatable bonds is 5. The maximum Gasteiger partial charge on any atom is 0.320 e. The number of anilines is 3. The highest BCUT2D eigenvalue weighted by Crippen LogP contribution is 2.34. The summed E-state index contributed by atoms with van der Waals surface area (Å²) >= 11 is 0. The van der Waals surface area contributed by atoms with Crippen LogP contribution in [0.1, 0.15) is 36.8 Å². The van der Waals surface area contributed by atoms with Crippen molar-refractivity contribution in [3.05, 3.63) is 41.6 Å². The van der Waals surface area contributed by atoms with E-state index >= 15 is 0 Å². The van der Waals surface area contributed by atoms with Gasteiger partial charge in [0, 0.05) is 44.4 Å². The average molecular weight is 423 g/mol. The zero-order chi connectivity index (χ0) is 21.2. The van der Waals surface area contributed by atoms with Gasteiger partial charge in [-0.15, -0.1) is 0 Å². The first kappa shape index (κ1) is 20.1. The lowest BCUT2D eigenvalue weighted by atomic mass is 10.0. The summed E-state index contributed by atoms with van der Waals surface area (Å²) < 4.78 is 11.5. The van der Waals surface area contributed by atoms with Crippen LogP contribution in [0, 0.1) is 0 Å². The van der Waals surface area contributed by atoms with Gasteiger partial charge in [-0.3, -0.25) is 0 Å². The van der Waals surface area contributed by atoms with E-state index in [-0.39, 0.29) is 6.10 Å². The highest BCUT2D eigenvalue weighted by atomic mass is 16.5. The molecule has 0 aromatic carbocycles. The van der Waals surface area contributed by atoms with Crippen LogP contribution in [0.4, 0.5) is 17.5 Å². The van der Waals surface area contributed by atoms with Gasteiger partial charge in [-0.2, -0.15) is 9.97 Å². The predicted octanol–water partition coefficient (Wildman–Crippen LogP) is 2.73. The Hall–Kier alpha value is -2.87. The summed E-state index contributed by atoms with van der Waals surface area (Å²) in [4.78, 5) is 18.3. The molecule has 31 heavy (non-hydrogen) atoms. The van der Waals surface area contributed by atoms with Crippen LogP contribution in [-0.4, -0.2) is 53.9 Å². The normalized spacial score (nSPS) is 19.5. The number of hydrogen-bond acceptors (Lipinski definition) is 8. The van der Waals surface area contributed by atoms with Crippen molar-refractivity contribution in [2.75, 3.05) is 48.4 Å². The minimum absolute atomic E-state index is 0.195. The quantitative estimate of drug-likeness (QED) is 0.736. The number of aromatic nitrogens is 3. The third kappa shape index (κ3) is 4.44. The van der Waals surface area contributed by atoms with Crippen LogP contribution in [0.5, 0.6) is 6.01 Å². The summed E-state index contributed by atoms with van der Waals surface area (Å²) in [7, 11) is 0. The molecule has 164 valence electrons. The second-order valence-corrected chi connectivity index (χ2v) is 8.62. The van der Waals surface area contributed by atoms with Gasteiger partial charge >= 0.3 is 6.01 Å². The van der Waals surface area contributed by atoms with E-state index in [1.165, 1.54) is 18.4 Å². The van der Waals surface area contributed by atoms with Crippen molar-refractivity contribution in [2.24, 2.45) is 0 Å². The number of morpholine rings is 1. The lowest BCUT2D eigenvalue weighted by Gasteiger charge is -2.32. The zero-order valence-electron chi connectivity index (χ0n) is 17.9. The standard InChI is InChI=1S/C23H30N6O2/c1-16-12-19-21(24)26-23(31-18-4-2-3-5-18)27-22(19)29(14-16)15-17-6-7-25-20(13-17)28-8-10-30-11-9-28/h6-7,13,18H,1-5,8-12,14-15H2,(H2,24,26,27). The molecule has 0 radical (unpaired) electrons. The Kier molecular flexibility index (Phi) is 5.63. The Labute approximate surface area is 183 Å². The van der Waals surface area contributed by atoms with Crippen molar-refractivity contribution < 1.29 is 9.47 Å². The fourth-order valence-corrected chi connectivity index (χ4v) is 4.63. The van der Waals surface area contributed by atoms with Crippen molar-refractivity contribution in [3.63, 3.8) is 0 Å². The minimum Gasteiger partial charge on any atom is -0.460 e. The molecule has 0 bridgehead atoms. The van der Waals surface area contributed by atoms with Crippen molar-refractivity contribution >= 4 is 17.5 Å². The van der Waals surface area contributed by atoms with Gasteiger partial charge < -0.3 is 25.0 Å². The van der Waals surface area contributed by atoms with Gasteiger partial charge in [0.15, 0.2) is 0 Å². The monoisotopic (exact) mass is 422 g/mol. The maximum atomic E-state index is 6.33. The van der Waals surface area contributed by atoms with E-state index in [0.29, 0.717) is 24.8 Å². The Morgan fingerprint density at radius 2 is 2.00 bits per heavy atom. The molecule has 2 fully saturated rings. The van der Waals surface area contributed by atoms with E-state index in [1.54, 1.807) is 0 Å². The second-order valence-electron chi connectivity index (χ2n) is 8.62. The molecule has 0 amide bonds. The fourth-order valence-electron chi connectivity index (χ4n) is 4.63. The van der Waals surface area contributed by atoms with Gasteiger partial charge in [-0.25, -0.2) is 4.98 Å². The van der Waals surface area contributed by atoms with E-state index in [4.69, 9.17) is 20.2 Å². The number of pyridine rings is 1. The van der Waals surface area contributed by atoms with Crippen LogP contribution in [0.2, 0.25) is 0 Å². The van der Waals surface area contributed by atoms with Crippen LogP contribution in [0.25, 0.3) is 0 Å². The first-order valence-corrected chi connectivity index (χ1v) is 11.2. The topological polar surface area (TPSA) is 89.6 Å². The van der Waals surface area contributed by atoms with E-state index in [2.05, 4.69) is 38.5 Å². The molecule has 2 aliphatic heterocycles. The van der Waals surface area contributed by atoms with E-state index < -0.39 is 0 Å². The lowest BCUT2D eigenvalue weighted by Crippen LogP contribution is -2.37. The molecule has 1 saturated carbocycles. The zero-order valence-corrected chi connectivity index (χ0v) is 17.9. The molecule has 1 saturated heterocycles. The second kappa shape index (κ2) is 8.70. The summed E-state index contributed by atoms with van der Waals surface area (Å²) in [6.45, 7) is 8.88. The van der Waals surface area contributed by atoms with Crippen LogP contribution in [-0.2, 0) is 17.7 Å². The van der Waals surface area contributed by atoms with Crippen molar-refractivity contribution in [1.29, 1.82) is 0 Å². The molecule has 0 atom stereocenters. The summed E-state index contributed by atoms with van der Waals surface area (Å²) in [6.07, 6.45) is 7.29. The highest BCUT2D eigenvalue weighted by molar-refractivity contribution is 5.63. The van der Waals surface area contributed by atoms with Crippen LogP contribution in [0.15, 0.2) is 30.5 Å². The number of fused-ring (bicyclic) bond motifs is 1. The molecule has 5 rings (SSSR count). The lowest BCUT2D eigenvalue weighted by molar-refractivity contribution is 0.122. The molecule has 0 unspecified atom stereocenters. The van der Waals surface area contributed by atoms with E-state index in [0.717, 1.165) is 68.5 Å². The molecular formula is C23H30N6O2. The van der Waals surface area contributed by atoms with Gasteiger partial charge in [0.2, 0.25) is 0 Å². The molecular weight excluding hydrogens is 392 g/mol. The largest absolute Gasteiger partial charge is 0.460 e. The average Bonchev–Trinajstić information content (AvgIpc) is 3.28. The van der Waals surface area contributed by atoms with Crippen LogP contribution < -0.4 is 20.3 Å². The van der Waals surface area contributed by atoms with Crippen molar-refractivity contribution in [1.82, 2.24) is 15.0 Å². The predicted molar refractivity (Wildman–Crippen MR) is 120 cm³/mol. The van der Waals surface area contributed by atoms with Crippen molar-refractivity contribution in [3.8, 4) is 6.01 Å². The number of hydrogen-bond donors (Lipinski definition) is 1. The van der Waals surface area contributed by atoms with Crippen LogP contribution in [0.3, 0.4) is 0 Å². The summed E-state index contributed by atoms with van der Waals surface area (Å²) in [6, 6.07) is 4.61. The summed E-state index contributed by atoms with van der Waals surface area (Å²) in [5.74, 6) is 2.34. The first-order chi connectivity index (χ1) is 15.2. The SMILES string of the molecule is C=C1Cc2c(N)nc(OC3CCCC3)nc2N(Cc2ccnc(N3CCOCC3)c2)C1. The molecule has 2 aromatic rings. The van der Waals surface area contributed by atoms with Gasteiger partial charge in [-0.05, 0) is 43.4 Å². The van der Waals surface area contributed by atoms with E-state index in [1.807, 2.05) is 6.20 Å². The molecule has 8 nitrogen and oxygen atoms in total. The third-order valence-corrected chi connectivity index (χ3v) is 6.23. The number of nitrogen functional groups attached to an aromatic ring is 1. The van der Waals surface area contributed by atoms with Gasteiger partial charge in [0.05, 0.1) is 13.2 Å². The summed E-state index contributed by atoms with van der Waals surface area (Å²) in [5.41, 5.74) is 9.55. The molecule has 3 aliphatic rings. The van der Waals surface area contributed by atoms with Gasteiger partial charge in [-0.1, -0.05) is 12.2 Å². The molecule has 2 aromatic heterocycles. The molecule has 4 heterocycles. The maximum absolute atomic E-state index is 6.33. The number of ether oxygens (including phenoxy) is 2. The first-order valence-electron chi connectivity index (χ1n) is 11.2. The van der Waals surface area contributed by atoms with Gasteiger partial charge in [0.1, 0.15) is 23.6 Å². The highest BCUT2D eigenvalue weighted by Gasteiger charge is 2.27. The summed E-state index contributed by atoms with van der Waals surface area (Å²) in [5, 5.41) is 0. The number of nitrogens with two attached hydrogens (primary N) is 1. The number of nitrogens with zero attached hydrogens (tertiary/aromatic N) is 5. The smallest absolute Gasteiger partial charge is 0.320 e. The van der Waals surface area contributed by atoms with Crippen LogP contribution >= 0.6 is 0 Å². The molecule has 8 heteroatoms. The molecule has 1 aliphatic carbocycles. The Balaban J connectivity index is 1.40. The minimum atomic E-state index is 0.195. The Morgan fingerprint density at radius 3 is 2.81 bits per heavy atom. The van der Waals surface area contributed by atoms with Crippen molar-refractivity contribution in [2.45, 2.75) is 44.8 Å². The Bertz CT molecular complexity index is 953. The third-order valence-electron chi connectivity index (χ3n) is 6.23. The fraction of sp³-hybridized carbons (Fsp3) is 0.522.